The number of nitrogens with zero attached hydrogens (tertiary/aromatic N) is 2. The van der Waals surface area contributed by atoms with Crippen LogP contribution in [0.25, 0.3) is 0 Å². The minimum absolute atomic E-state index is 0.144. The molecule has 0 atom stereocenters. The summed E-state index contributed by atoms with van der Waals surface area (Å²) in [5.41, 5.74) is 0.748. The Bertz CT molecular complexity index is 444. The molecule has 0 aromatic carbocycles. The highest BCUT2D eigenvalue weighted by Gasteiger charge is 2.22. The van der Waals surface area contributed by atoms with Crippen LogP contribution in [-0.4, -0.2) is 52.3 Å². The Morgan fingerprint density at radius 2 is 1.95 bits per heavy atom. The van der Waals surface area contributed by atoms with Crippen LogP contribution in [0.1, 0.15) is 59.9 Å². The molecule has 0 radical (unpaired) electrons. The van der Waals surface area contributed by atoms with Crippen molar-refractivity contribution in [1.82, 2.24) is 9.88 Å². The normalized spacial score (nSPS) is 11.5. The maximum Gasteiger partial charge on any atom is 0.347 e. The number of hydrogen-bond donors (Lipinski definition) is 2. The van der Waals surface area contributed by atoms with Gasteiger partial charge in [-0.15, -0.1) is 11.3 Å². The Kier molecular flexibility index (Phi) is 7.85. The maximum atomic E-state index is 11.4. The summed E-state index contributed by atoms with van der Waals surface area (Å²) in [6.07, 6.45) is 2.55. The zero-order valence-corrected chi connectivity index (χ0v) is 13.9. The van der Waals surface area contributed by atoms with Gasteiger partial charge in [-0.3, -0.25) is 0 Å². The van der Waals surface area contributed by atoms with E-state index in [0.717, 1.165) is 43.1 Å². The smallest absolute Gasteiger partial charge is 0.347 e. The molecule has 0 amide bonds. The molecular weight excluding hydrogens is 288 g/mol. The number of aromatic carboxylic acids is 1. The van der Waals surface area contributed by atoms with Gasteiger partial charge in [0.1, 0.15) is 4.88 Å². The third-order valence-corrected chi connectivity index (χ3v) is 4.89. The maximum absolute atomic E-state index is 11.4. The number of likely N-dealkylation sites (N-methyl/N-ethyl adjacent to an activating group) is 1. The molecule has 1 heterocycles. The van der Waals surface area contributed by atoms with Crippen molar-refractivity contribution in [3.05, 3.63) is 15.6 Å². The van der Waals surface area contributed by atoms with Crippen LogP contribution in [0, 0.1) is 0 Å². The van der Waals surface area contributed by atoms with Gasteiger partial charge in [0.05, 0.1) is 17.3 Å². The fraction of sp³-hybridized carbons (Fsp3) is 0.733. The Hall–Kier alpha value is -0.980. The summed E-state index contributed by atoms with van der Waals surface area (Å²) in [5.74, 6) is -0.649. The molecule has 0 fully saturated rings. The molecule has 0 spiro atoms. The Morgan fingerprint density at radius 3 is 2.43 bits per heavy atom. The topological polar surface area (TPSA) is 73.7 Å². The first kappa shape index (κ1) is 18.1. The predicted molar refractivity (Wildman–Crippen MR) is 85.3 cm³/mol. The molecule has 0 bridgehead atoms. The molecule has 0 aliphatic rings. The van der Waals surface area contributed by atoms with E-state index < -0.39 is 5.97 Å². The molecule has 1 rings (SSSR count). The number of carboxylic acids is 1. The van der Waals surface area contributed by atoms with Crippen LogP contribution in [0.5, 0.6) is 0 Å². The van der Waals surface area contributed by atoms with E-state index in [9.17, 15) is 9.90 Å². The Labute approximate surface area is 130 Å². The van der Waals surface area contributed by atoms with Crippen LogP contribution in [0.4, 0.5) is 0 Å². The first-order chi connectivity index (χ1) is 10.1. The van der Waals surface area contributed by atoms with Gasteiger partial charge in [0.25, 0.3) is 0 Å². The number of aliphatic hydroxyl groups is 1. The van der Waals surface area contributed by atoms with Crippen LogP contribution in [0.2, 0.25) is 0 Å². The molecule has 1 aromatic heterocycles. The van der Waals surface area contributed by atoms with Gasteiger partial charge in [-0.05, 0) is 19.4 Å². The standard InChI is InChI=1S/C15H26N2O3S/c1-4-11(5-2)13-14(15(19)20)21-12(16-13)7-8-17(6-3)9-10-18/h11,18H,4-10H2,1-3H3,(H,19,20). The van der Waals surface area contributed by atoms with E-state index in [1.807, 2.05) is 0 Å². The molecule has 0 saturated carbocycles. The van der Waals surface area contributed by atoms with Gasteiger partial charge in [0.15, 0.2) is 0 Å². The molecule has 2 N–H and O–H groups in total. The number of thiazole rings is 1. The van der Waals surface area contributed by atoms with Crippen molar-refractivity contribution < 1.29 is 15.0 Å². The summed E-state index contributed by atoms with van der Waals surface area (Å²) < 4.78 is 0. The van der Waals surface area contributed by atoms with Crippen molar-refractivity contribution in [2.75, 3.05) is 26.2 Å². The van der Waals surface area contributed by atoms with Crippen LogP contribution in [0.3, 0.4) is 0 Å². The van der Waals surface area contributed by atoms with Crippen molar-refractivity contribution in [3.8, 4) is 0 Å². The molecule has 0 aliphatic heterocycles. The lowest BCUT2D eigenvalue weighted by molar-refractivity contribution is 0.0700. The molecule has 120 valence electrons. The Balaban J connectivity index is 2.84. The zero-order chi connectivity index (χ0) is 15.8. The average Bonchev–Trinajstić information content (AvgIpc) is 2.89. The minimum Gasteiger partial charge on any atom is -0.477 e. The van der Waals surface area contributed by atoms with Crippen molar-refractivity contribution in [2.45, 2.75) is 46.0 Å². The highest BCUT2D eigenvalue weighted by Crippen LogP contribution is 2.30. The molecular formula is C15H26N2O3S. The van der Waals surface area contributed by atoms with E-state index in [1.54, 1.807) is 0 Å². The second-order valence-electron chi connectivity index (χ2n) is 5.05. The lowest BCUT2D eigenvalue weighted by Crippen LogP contribution is -2.28. The Morgan fingerprint density at radius 1 is 1.29 bits per heavy atom. The highest BCUT2D eigenvalue weighted by atomic mass is 32.1. The van der Waals surface area contributed by atoms with Crippen LogP contribution >= 0.6 is 11.3 Å². The predicted octanol–water partition coefficient (Wildman–Crippen LogP) is 2.60. The first-order valence-corrected chi connectivity index (χ1v) is 8.44. The molecule has 0 saturated heterocycles. The number of carboxylic acid groups (broad SMARTS) is 1. The third kappa shape index (κ3) is 5.05. The van der Waals surface area contributed by atoms with E-state index in [2.05, 4.69) is 30.7 Å². The number of aromatic nitrogens is 1. The molecule has 0 unspecified atom stereocenters. The summed E-state index contributed by atoms with van der Waals surface area (Å²) in [5, 5.41) is 19.2. The second-order valence-corrected chi connectivity index (χ2v) is 6.13. The summed E-state index contributed by atoms with van der Waals surface area (Å²) in [6.45, 7) is 8.65. The van der Waals surface area contributed by atoms with Gasteiger partial charge in [-0.2, -0.15) is 0 Å². The van der Waals surface area contributed by atoms with Gasteiger partial charge in [-0.25, -0.2) is 9.78 Å². The lowest BCUT2D eigenvalue weighted by Gasteiger charge is -2.17. The SMILES string of the molecule is CCC(CC)c1nc(CCN(CC)CCO)sc1C(=O)O. The van der Waals surface area contributed by atoms with Crippen LogP contribution in [0.15, 0.2) is 0 Å². The van der Waals surface area contributed by atoms with Gasteiger partial charge in [-0.1, -0.05) is 20.8 Å². The van der Waals surface area contributed by atoms with Crippen molar-refractivity contribution in [2.24, 2.45) is 0 Å². The van der Waals surface area contributed by atoms with Crippen LogP contribution in [-0.2, 0) is 6.42 Å². The fourth-order valence-corrected chi connectivity index (χ4v) is 3.39. The van der Waals surface area contributed by atoms with Crippen molar-refractivity contribution in [3.63, 3.8) is 0 Å². The molecule has 1 aromatic rings. The largest absolute Gasteiger partial charge is 0.477 e. The van der Waals surface area contributed by atoms with Gasteiger partial charge < -0.3 is 15.1 Å². The molecule has 0 aliphatic carbocycles. The van der Waals surface area contributed by atoms with E-state index in [-0.39, 0.29) is 12.5 Å². The quantitative estimate of drug-likeness (QED) is 0.694. The fourth-order valence-electron chi connectivity index (χ4n) is 2.41. The van der Waals surface area contributed by atoms with Crippen molar-refractivity contribution in [1.29, 1.82) is 0 Å². The van der Waals surface area contributed by atoms with E-state index >= 15 is 0 Å². The number of hydrogen-bond acceptors (Lipinski definition) is 5. The van der Waals surface area contributed by atoms with Gasteiger partial charge in [0, 0.05) is 25.4 Å². The van der Waals surface area contributed by atoms with E-state index in [0.29, 0.717) is 11.4 Å². The van der Waals surface area contributed by atoms with Gasteiger partial charge in [0.2, 0.25) is 0 Å². The van der Waals surface area contributed by atoms with Crippen LogP contribution < -0.4 is 0 Å². The summed E-state index contributed by atoms with van der Waals surface area (Å²) in [4.78, 5) is 18.5. The molecule has 6 heteroatoms. The second kappa shape index (κ2) is 9.12. The van der Waals surface area contributed by atoms with Gasteiger partial charge >= 0.3 is 5.97 Å². The van der Waals surface area contributed by atoms with Crippen molar-refractivity contribution >= 4 is 17.3 Å². The summed E-state index contributed by atoms with van der Waals surface area (Å²) in [7, 11) is 0. The third-order valence-electron chi connectivity index (χ3n) is 3.77. The van der Waals surface area contributed by atoms with E-state index in [1.165, 1.54) is 11.3 Å². The minimum atomic E-state index is -0.872. The molecule has 5 nitrogen and oxygen atoms in total. The first-order valence-electron chi connectivity index (χ1n) is 7.63. The number of aliphatic hydroxyl groups excluding tert-OH is 1. The average molecular weight is 314 g/mol. The number of rotatable bonds is 10. The monoisotopic (exact) mass is 314 g/mol. The zero-order valence-electron chi connectivity index (χ0n) is 13.1. The highest BCUT2D eigenvalue weighted by molar-refractivity contribution is 7.13. The lowest BCUT2D eigenvalue weighted by atomic mass is 9.98. The number of carbonyl (C=O) groups is 1. The summed E-state index contributed by atoms with van der Waals surface area (Å²) >= 11 is 1.30. The van der Waals surface area contributed by atoms with E-state index in [4.69, 9.17) is 5.11 Å². The summed E-state index contributed by atoms with van der Waals surface area (Å²) in [6, 6.07) is 0. The molecule has 21 heavy (non-hydrogen) atoms.